The number of carbonyl (C=O) groups excluding carboxylic acids is 1. The van der Waals surface area contributed by atoms with Crippen LogP contribution in [-0.2, 0) is 9.53 Å². The lowest BCUT2D eigenvalue weighted by Gasteiger charge is -2.26. The monoisotopic (exact) mass is 207 g/mol. The van der Waals surface area contributed by atoms with E-state index in [-0.39, 0.29) is 24.3 Å². The van der Waals surface area contributed by atoms with Gasteiger partial charge < -0.3 is 10.1 Å². The van der Waals surface area contributed by atoms with E-state index >= 15 is 0 Å². The fourth-order valence-electron chi connectivity index (χ4n) is 1.72. The lowest BCUT2D eigenvalue weighted by atomic mass is 9.86. The third kappa shape index (κ3) is 3.53. The second-order valence-corrected chi connectivity index (χ2v) is 3.40. The molecule has 1 atom stereocenters. The number of methoxy groups -OCH3 is 1. The van der Waals surface area contributed by atoms with E-state index in [4.69, 9.17) is 4.74 Å². The highest BCUT2D eigenvalue weighted by atomic mass is 35.5. The minimum Gasteiger partial charge on any atom is -0.469 e. The van der Waals surface area contributed by atoms with Gasteiger partial charge in [0, 0.05) is 0 Å². The Morgan fingerprint density at radius 1 is 1.46 bits per heavy atom. The van der Waals surface area contributed by atoms with Crippen molar-refractivity contribution in [2.24, 2.45) is 11.8 Å². The standard InChI is InChI=1S/C9H17NO2.ClH/c1-7(9(11)12-2)8-3-5-10-6-4-8;/h7-8,10H,3-6H2,1-2H3;1H. The van der Waals surface area contributed by atoms with Crippen LogP contribution in [0.4, 0.5) is 0 Å². The summed E-state index contributed by atoms with van der Waals surface area (Å²) >= 11 is 0. The number of nitrogens with one attached hydrogen (secondary N) is 1. The van der Waals surface area contributed by atoms with Gasteiger partial charge in [-0.1, -0.05) is 6.92 Å². The molecule has 3 nitrogen and oxygen atoms in total. The van der Waals surface area contributed by atoms with Gasteiger partial charge in [-0.05, 0) is 31.8 Å². The molecule has 1 fully saturated rings. The van der Waals surface area contributed by atoms with E-state index in [9.17, 15) is 4.79 Å². The maximum Gasteiger partial charge on any atom is 0.308 e. The zero-order valence-corrected chi connectivity index (χ0v) is 9.02. The minimum atomic E-state index is -0.0677. The van der Waals surface area contributed by atoms with E-state index < -0.39 is 0 Å². The first-order valence-corrected chi connectivity index (χ1v) is 4.54. The first kappa shape index (κ1) is 12.7. The normalized spacial score (nSPS) is 20.2. The molecule has 1 saturated heterocycles. The van der Waals surface area contributed by atoms with Gasteiger partial charge in [0.15, 0.2) is 0 Å². The topological polar surface area (TPSA) is 38.3 Å². The van der Waals surface area contributed by atoms with Crippen molar-refractivity contribution in [1.29, 1.82) is 0 Å². The molecular formula is C9H18ClNO2. The van der Waals surface area contributed by atoms with E-state index in [1.807, 2.05) is 6.92 Å². The van der Waals surface area contributed by atoms with Crippen LogP contribution >= 0.6 is 12.4 Å². The maximum absolute atomic E-state index is 11.2. The Hall–Kier alpha value is -0.280. The van der Waals surface area contributed by atoms with Crippen molar-refractivity contribution in [3.63, 3.8) is 0 Å². The van der Waals surface area contributed by atoms with Crippen molar-refractivity contribution < 1.29 is 9.53 Å². The Bertz CT molecular complexity index is 158. The first-order valence-electron chi connectivity index (χ1n) is 4.54. The number of rotatable bonds is 2. The number of esters is 1. The molecule has 1 rings (SSSR count). The smallest absolute Gasteiger partial charge is 0.308 e. The lowest BCUT2D eigenvalue weighted by Crippen LogP contribution is -2.33. The Morgan fingerprint density at radius 3 is 2.46 bits per heavy atom. The summed E-state index contributed by atoms with van der Waals surface area (Å²) in [6, 6.07) is 0. The Morgan fingerprint density at radius 2 is 2.00 bits per heavy atom. The molecule has 1 unspecified atom stereocenters. The van der Waals surface area contributed by atoms with Crippen LogP contribution in [0, 0.1) is 11.8 Å². The van der Waals surface area contributed by atoms with Crippen molar-refractivity contribution in [2.75, 3.05) is 20.2 Å². The molecule has 1 aliphatic rings. The van der Waals surface area contributed by atoms with Gasteiger partial charge in [-0.15, -0.1) is 12.4 Å². The number of piperidine rings is 1. The van der Waals surface area contributed by atoms with Crippen LogP contribution in [-0.4, -0.2) is 26.2 Å². The Kier molecular flexibility index (Phi) is 6.08. The van der Waals surface area contributed by atoms with Crippen LogP contribution in [0.5, 0.6) is 0 Å². The third-order valence-electron chi connectivity index (χ3n) is 2.66. The van der Waals surface area contributed by atoms with Crippen LogP contribution < -0.4 is 5.32 Å². The molecule has 1 aliphatic heterocycles. The van der Waals surface area contributed by atoms with Gasteiger partial charge in [-0.3, -0.25) is 4.79 Å². The number of hydrogen-bond acceptors (Lipinski definition) is 3. The summed E-state index contributed by atoms with van der Waals surface area (Å²) in [5.74, 6) is 0.512. The molecule has 4 heteroatoms. The van der Waals surface area contributed by atoms with E-state index in [1.165, 1.54) is 7.11 Å². The molecule has 0 aliphatic carbocycles. The molecular weight excluding hydrogens is 190 g/mol. The number of halogens is 1. The molecule has 78 valence electrons. The Balaban J connectivity index is 0.00000144. The molecule has 1 heterocycles. The summed E-state index contributed by atoms with van der Waals surface area (Å²) in [5.41, 5.74) is 0. The van der Waals surface area contributed by atoms with Crippen molar-refractivity contribution in [1.82, 2.24) is 5.32 Å². The van der Waals surface area contributed by atoms with E-state index in [2.05, 4.69) is 5.32 Å². The fourth-order valence-corrected chi connectivity index (χ4v) is 1.72. The highest BCUT2D eigenvalue weighted by Gasteiger charge is 2.25. The summed E-state index contributed by atoms with van der Waals surface area (Å²) < 4.78 is 4.71. The SMILES string of the molecule is COC(=O)C(C)C1CCNCC1.Cl. The predicted octanol–water partition coefficient (Wildman–Crippen LogP) is 1.22. The average Bonchev–Trinajstić information content (AvgIpc) is 2.17. The van der Waals surface area contributed by atoms with E-state index in [0.717, 1.165) is 25.9 Å². The lowest BCUT2D eigenvalue weighted by molar-refractivity contribution is -0.147. The molecule has 0 amide bonds. The van der Waals surface area contributed by atoms with Crippen molar-refractivity contribution in [3.8, 4) is 0 Å². The largest absolute Gasteiger partial charge is 0.469 e. The van der Waals surface area contributed by atoms with Crippen molar-refractivity contribution in [2.45, 2.75) is 19.8 Å². The van der Waals surface area contributed by atoms with Crippen LogP contribution in [0.25, 0.3) is 0 Å². The highest BCUT2D eigenvalue weighted by molar-refractivity contribution is 5.85. The van der Waals surface area contributed by atoms with Gasteiger partial charge in [0.1, 0.15) is 0 Å². The summed E-state index contributed by atoms with van der Waals surface area (Å²) in [4.78, 5) is 11.2. The molecule has 0 saturated carbocycles. The minimum absolute atomic E-state index is 0. The second kappa shape index (κ2) is 6.22. The number of hydrogen-bond donors (Lipinski definition) is 1. The van der Waals surface area contributed by atoms with E-state index in [0.29, 0.717) is 5.92 Å². The zero-order valence-electron chi connectivity index (χ0n) is 8.21. The van der Waals surface area contributed by atoms with E-state index in [1.54, 1.807) is 0 Å². The predicted molar refractivity (Wildman–Crippen MR) is 54.0 cm³/mol. The average molecular weight is 208 g/mol. The third-order valence-corrected chi connectivity index (χ3v) is 2.66. The fraction of sp³-hybridized carbons (Fsp3) is 0.889. The van der Waals surface area contributed by atoms with Gasteiger partial charge in [0.05, 0.1) is 13.0 Å². The molecule has 0 bridgehead atoms. The number of carbonyl (C=O) groups is 1. The van der Waals surface area contributed by atoms with Crippen LogP contribution in [0.15, 0.2) is 0 Å². The summed E-state index contributed by atoms with van der Waals surface area (Å²) in [6.45, 7) is 4.03. The first-order chi connectivity index (χ1) is 5.75. The molecule has 13 heavy (non-hydrogen) atoms. The van der Waals surface area contributed by atoms with Gasteiger partial charge in [-0.25, -0.2) is 0 Å². The molecule has 0 aromatic carbocycles. The zero-order chi connectivity index (χ0) is 8.97. The molecule has 0 aromatic rings. The second-order valence-electron chi connectivity index (χ2n) is 3.40. The van der Waals surface area contributed by atoms with Gasteiger partial charge in [-0.2, -0.15) is 0 Å². The molecule has 0 spiro atoms. The Labute approximate surface area is 85.6 Å². The molecule has 0 aromatic heterocycles. The molecule has 0 radical (unpaired) electrons. The van der Waals surface area contributed by atoms with Crippen molar-refractivity contribution in [3.05, 3.63) is 0 Å². The van der Waals surface area contributed by atoms with Gasteiger partial charge >= 0.3 is 5.97 Å². The molecule has 1 N–H and O–H groups in total. The highest BCUT2D eigenvalue weighted by Crippen LogP contribution is 2.22. The quantitative estimate of drug-likeness (QED) is 0.692. The van der Waals surface area contributed by atoms with Gasteiger partial charge in [0.2, 0.25) is 0 Å². The van der Waals surface area contributed by atoms with Crippen LogP contribution in [0.3, 0.4) is 0 Å². The van der Waals surface area contributed by atoms with Crippen LogP contribution in [0.1, 0.15) is 19.8 Å². The summed E-state index contributed by atoms with van der Waals surface area (Å²) in [5, 5.41) is 3.27. The van der Waals surface area contributed by atoms with Crippen LogP contribution in [0.2, 0.25) is 0 Å². The maximum atomic E-state index is 11.2. The van der Waals surface area contributed by atoms with Crippen molar-refractivity contribution >= 4 is 18.4 Å². The summed E-state index contributed by atoms with van der Waals surface area (Å²) in [6.07, 6.45) is 2.19. The summed E-state index contributed by atoms with van der Waals surface area (Å²) in [7, 11) is 1.46. The van der Waals surface area contributed by atoms with Gasteiger partial charge in [0.25, 0.3) is 0 Å². The number of ether oxygens (including phenoxy) is 1.